The third-order valence-electron chi connectivity index (χ3n) is 1.15. The molecule has 230 valence electrons. The molecule has 0 aliphatic heterocycles. The summed E-state index contributed by atoms with van der Waals surface area (Å²) in [5, 5.41) is 0. The molecular formula is CH4OS36. The summed E-state index contributed by atoms with van der Waals surface area (Å²) in [5.74, 6) is 0. The van der Waals surface area contributed by atoms with Gasteiger partial charge in [0.05, 0.1) is 13.6 Å². The predicted octanol–water partition coefficient (Wildman–Crippen LogP) is 21.2. The molecule has 0 saturated heterocycles. The Morgan fingerprint density at radius 1 is 0.368 bits per heavy atom. The minimum absolute atomic E-state index is 1.46. The van der Waals surface area contributed by atoms with Crippen molar-refractivity contribution < 1.29 is 4.18 Å². The van der Waals surface area contributed by atoms with Crippen LogP contribution in [0.4, 0.5) is 0 Å². The van der Waals surface area contributed by atoms with Gasteiger partial charge in [-0.2, -0.15) is 0 Å². The molecule has 0 atom stereocenters. The average Bonchev–Trinajstić information content (AvgIpc) is 2.91. The fraction of sp³-hybridized carbons (Fsp3) is 1.00. The van der Waals surface area contributed by atoms with Gasteiger partial charge in [-0.15, -0.1) is 0 Å². The van der Waals surface area contributed by atoms with Gasteiger partial charge in [0.2, 0.25) is 0 Å². The van der Waals surface area contributed by atoms with E-state index in [0.717, 1.165) is 0 Å². The minimum atomic E-state index is -1.79. The summed E-state index contributed by atoms with van der Waals surface area (Å²) in [7, 11) is 58.0. The third-order valence-corrected chi connectivity index (χ3v) is 77.1. The van der Waals surface area contributed by atoms with Crippen LogP contribution < -0.4 is 0 Å². The molecule has 0 aliphatic rings. The van der Waals surface area contributed by atoms with Crippen molar-refractivity contribution >= 4 is 355 Å². The number of rotatable bonds is 33. The molecule has 0 fully saturated rings. The second-order valence-corrected chi connectivity index (χ2v) is 66.8. The van der Waals surface area contributed by atoms with E-state index in [9.17, 15) is 0 Å². The Labute approximate surface area is 357 Å². The van der Waals surface area contributed by atoms with Crippen LogP contribution in [0.1, 0.15) is 0 Å². The van der Waals surface area contributed by atoms with E-state index in [1.165, 1.54) is 19.7 Å². The molecular weight excluding hydrogens is 1180 g/mol. The predicted molar refractivity (Wildman–Crippen MR) is 281 cm³/mol. The highest BCUT2D eigenvalue weighted by Crippen LogP contribution is 2.67. The summed E-state index contributed by atoms with van der Waals surface area (Å²) in [6.07, 6.45) is 0. The number of hydrogen-bond acceptors (Lipinski definition) is 36. The van der Waals surface area contributed by atoms with E-state index in [1.807, 2.05) is 138 Å². The van der Waals surface area contributed by atoms with E-state index in [0.29, 0.717) is 0 Å². The first-order valence-corrected chi connectivity index (χ1v) is 53.6. The monoisotopic (exact) mass is 1180 g/mol. The molecule has 0 N–H and O–H groups in total. The quantitative estimate of drug-likeness (QED) is 0.0379. The third kappa shape index (κ3) is 44.5. The SMILES string of the molecule is COS(=S)(=S)SSSSSSSSSSSSSSSSSSSSSSSSSSSSSSSSS. The van der Waals surface area contributed by atoms with Crippen LogP contribution in [0.3, 0.4) is 0 Å². The summed E-state index contributed by atoms with van der Waals surface area (Å²) in [5.41, 5.74) is 0. The van der Waals surface area contributed by atoms with Crippen molar-refractivity contribution in [1.82, 2.24) is 0 Å². The van der Waals surface area contributed by atoms with E-state index < -0.39 is 6.46 Å². The van der Waals surface area contributed by atoms with Gasteiger partial charge in [0.1, 0.15) is 0 Å². The number of thiol groups is 1. The highest BCUT2D eigenvalue weighted by atomic mass is 34.1. The second-order valence-electron chi connectivity index (χ2n) is 2.76. The molecule has 0 spiro atoms. The number of hydrogen-bond donors (Lipinski definition) is 1. The molecule has 38 heavy (non-hydrogen) atoms. The summed E-state index contributed by atoms with van der Waals surface area (Å²) >= 11 is 14.4. The lowest BCUT2D eigenvalue weighted by Crippen LogP contribution is -1.87. The van der Waals surface area contributed by atoms with E-state index in [2.05, 4.69) is 11.7 Å². The van der Waals surface area contributed by atoms with Gasteiger partial charge in [-0.1, -0.05) is 11.7 Å². The van der Waals surface area contributed by atoms with Crippen LogP contribution >= 0.6 is 326 Å². The first-order chi connectivity index (χ1) is 18.6. The lowest BCUT2D eigenvalue weighted by molar-refractivity contribution is 0.491. The Bertz CT molecular complexity index is 523. The maximum absolute atomic E-state index is 5.15. The van der Waals surface area contributed by atoms with Crippen LogP contribution in [0.2, 0.25) is 0 Å². The van der Waals surface area contributed by atoms with Crippen molar-refractivity contribution in [2.24, 2.45) is 0 Å². The molecule has 0 unspecified atom stereocenters. The van der Waals surface area contributed by atoms with E-state index in [4.69, 9.17) is 26.6 Å². The topological polar surface area (TPSA) is 9.23 Å². The zero-order valence-corrected chi connectivity index (χ0v) is 45.6. The lowest BCUT2D eigenvalue weighted by Gasteiger charge is -2.03. The molecule has 0 amide bonds. The smallest absolute Gasteiger partial charge is 0.0817 e. The maximum atomic E-state index is 5.15. The largest absolute Gasteiger partial charge is 0.305 e. The normalized spacial score (nSPS) is 11.9. The van der Waals surface area contributed by atoms with E-state index in [1.54, 1.807) is 164 Å². The van der Waals surface area contributed by atoms with Crippen molar-refractivity contribution in [3.8, 4) is 0 Å². The highest BCUT2D eigenvalue weighted by molar-refractivity contribution is 9.61. The van der Waals surface area contributed by atoms with Crippen LogP contribution in [0.25, 0.3) is 0 Å². The Morgan fingerprint density at radius 3 is 0.737 bits per heavy atom. The Balaban J connectivity index is 3.07. The van der Waals surface area contributed by atoms with E-state index >= 15 is 0 Å². The zero-order valence-electron chi connectivity index (χ0n) is 16.1. The fourth-order valence-corrected chi connectivity index (χ4v) is 90.1. The first kappa shape index (κ1) is 50.3. The van der Waals surface area contributed by atoms with Crippen molar-refractivity contribution in [2.75, 3.05) is 7.11 Å². The molecule has 1 nitrogen and oxygen atoms in total. The second kappa shape index (κ2) is 43.7. The summed E-state index contributed by atoms with van der Waals surface area (Å²) in [6.45, 7) is -1.79. The molecule has 37 heteroatoms. The van der Waals surface area contributed by atoms with Gasteiger partial charge in [0.25, 0.3) is 0 Å². The average molecular weight is 1190 g/mol. The van der Waals surface area contributed by atoms with Gasteiger partial charge in [0.15, 0.2) is 0 Å². The standard InChI is InChI=1S/CH4OS36/c1-2-38(4,5)37-36-35-34-33-32-31-30-29-28-27-26-25-24-23-22-21-20-19-18-17-16-15-14-13-12-11-10-9-8-7-6-3/h3H,1H3. The molecule has 0 heterocycles. The molecule has 0 saturated carbocycles. The Kier molecular flexibility index (Phi) is 57.8. The molecule has 0 bridgehead atoms. The molecule has 0 aliphatic carbocycles. The first-order valence-electron chi connectivity index (χ1n) is 6.42. The summed E-state index contributed by atoms with van der Waals surface area (Å²) in [4.78, 5) is 0. The molecule has 0 aromatic heterocycles. The van der Waals surface area contributed by atoms with Crippen LogP contribution in [-0.4, -0.2) is 7.11 Å². The van der Waals surface area contributed by atoms with Gasteiger partial charge in [-0.05, 0) is 101 Å². The van der Waals surface area contributed by atoms with Gasteiger partial charge in [0, 0.05) is 236 Å². The van der Waals surface area contributed by atoms with Crippen molar-refractivity contribution in [3.63, 3.8) is 0 Å². The van der Waals surface area contributed by atoms with E-state index in [-0.39, 0.29) is 0 Å². The molecule has 0 rings (SSSR count). The molecule has 0 aromatic carbocycles. The van der Waals surface area contributed by atoms with Crippen molar-refractivity contribution in [1.29, 1.82) is 0 Å². The van der Waals surface area contributed by atoms with Crippen LogP contribution in [-0.2, 0) is 33.0 Å². The van der Waals surface area contributed by atoms with Crippen LogP contribution in [0.5, 0.6) is 0 Å². The summed E-state index contributed by atoms with van der Waals surface area (Å²) in [6, 6.07) is 0. The zero-order chi connectivity index (χ0) is 27.8. The minimum Gasteiger partial charge on any atom is -0.305 e. The Hall–Kier alpha value is 12.3. The van der Waals surface area contributed by atoms with Crippen LogP contribution in [0, 0.1) is 0 Å². The highest BCUT2D eigenvalue weighted by Gasteiger charge is 2.04. The molecule has 0 aromatic rings. The van der Waals surface area contributed by atoms with Crippen molar-refractivity contribution in [2.45, 2.75) is 0 Å². The summed E-state index contributed by atoms with van der Waals surface area (Å²) < 4.78 is 5.09. The lowest BCUT2D eigenvalue weighted by atomic mass is 11.8. The van der Waals surface area contributed by atoms with Gasteiger partial charge < -0.3 is 4.18 Å². The maximum Gasteiger partial charge on any atom is 0.0817 e. The molecule has 0 radical (unpaired) electrons. The van der Waals surface area contributed by atoms with Gasteiger partial charge >= 0.3 is 0 Å². The fourth-order valence-electron chi connectivity index (χ4n) is 0.403. The van der Waals surface area contributed by atoms with Crippen molar-refractivity contribution in [3.05, 3.63) is 0 Å². The Morgan fingerprint density at radius 2 is 0.553 bits per heavy atom. The van der Waals surface area contributed by atoms with Gasteiger partial charge in [-0.3, -0.25) is 0 Å². The van der Waals surface area contributed by atoms with Crippen LogP contribution in [0.15, 0.2) is 0 Å². The van der Waals surface area contributed by atoms with Gasteiger partial charge in [-0.25, -0.2) is 0 Å².